The highest BCUT2D eigenvalue weighted by atomic mass is 16.6. The van der Waals surface area contributed by atoms with Crippen LogP contribution in [0.4, 0.5) is 0 Å². The number of rotatable bonds is 5. The Morgan fingerprint density at radius 2 is 1.80 bits per heavy atom. The van der Waals surface area contributed by atoms with Crippen LogP contribution in [-0.4, -0.2) is 25.2 Å². The summed E-state index contributed by atoms with van der Waals surface area (Å²) in [6.45, 7) is 0.194. The fraction of sp³-hybridized carbons (Fsp3) is 0.375. The van der Waals surface area contributed by atoms with Crippen LogP contribution in [-0.2, 0) is 14.3 Å². The zero-order valence-electron chi connectivity index (χ0n) is 11.3. The lowest BCUT2D eigenvalue weighted by molar-refractivity contribution is -0.149. The maximum Gasteiger partial charge on any atom is 0.338 e. The summed E-state index contributed by atoms with van der Waals surface area (Å²) >= 11 is 0. The zero-order chi connectivity index (χ0) is 14.2. The van der Waals surface area contributed by atoms with Crippen molar-refractivity contribution in [2.45, 2.75) is 19.3 Å². The Hall–Kier alpha value is -2.10. The van der Waals surface area contributed by atoms with Gasteiger partial charge in [0.2, 0.25) is 0 Å². The molecular formula is C16H18O4. The second-order valence-corrected chi connectivity index (χ2v) is 4.65. The fourth-order valence-electron chi connectivity index (χ4n) is 2.06. The van der Waals surface area contributed by atoms with Crippen molar-refractivity contribution in [3.05, 3.63) is 48.0 Å². The highest BCUT2D eigenvalue weighted by Gasteiger charge is 2.20. The maximum atomic E-state index is 11.7. The Kier molecular flexibility index (Phi) is 5.35. The van der Waals surface area contributed by atoms with Gasteiger partial charge in [-0.25, -0.2) is 4.79 Å². The molecule has 1 atom stereocenters. The standard InChI is InChI=1S/C16H18O4/c17-15(13-7-3-1-4-8-13)19-11-12-20-16(18)14-9-5-2-6-10-14/h1-5,7-8,14H,6,9-12H2/t14-/m0/s1. The van der Waals surface area contributed by atoms with E-state index in [-0.39, 0.29) is 25.1 Å². The second kappa shape index (κ2) is 7.48. The normalized spacial score (nSPS) is 17.5. The van der Waals surface area contributed by atoms with Crippen molar-refractivity contribution >= 4 is 11.9 Å². The van der Waals surface area contributed by atoms with Crippen molar-refractivity contribution in [3.8, 4) is 0 Å². The Bertz CT molecular complexity index is 479. The van der Waals surface area contributed by atoms with Crippen molar-refractivity contribution in [1.82, 2.24) is 0 Å². The summed E-state index contributed by atoms with van der Waals surface area (Å²) in [6, 6.07) is 8.74. The van der Waals surface area contributed by atoms with Gasteiger partial charge in [0, 0.05) is 0 Å². The molecule has 0 unspecified atom stereocenters. The van der Waals surface area contributed by atoms with E-state index in [1.54, 1.807) is 24.3 Å². The summed E-state index contributed by atoms with van der Waals surface area (Å²) in [5, 5.41) is 0. The molecular weight excluding hydrogens is 256 g/mol. The first-order chi connectivity index (χ1) is 9.77. The van der Waals surface area contributed by atoms with Crippen LogP contribution in [0.15, 0.2) is 42.5 Å². The Morgan fingerprint density at radius 1 is 1.05 bits per heavy atom. The Balaban J connectivity index is 1.65. The van der Waals surface area contributed by atoms with E-state index in [1.165, 1.54) is 0 Å². The molecule has 0 N–H and O–H groups in total. The van der Waals surface area contributed by atoms with Crippen molar-refractivity contribution in [2.24, 2.45) is 5.92 Å². The zero-order valence-corrected chi connectivity index (χ0v) is 11.3. The van der Waals surface area contributed by atoms with Gasteiger partial charge in [-0.1, -0.05) is 30.4 Å². The summed E-state index contributed by atoms with van der Waals surface area (Å²) in [4.78, 5) is 23.3. The minimum absolute atomic E-state index is 0.0511. The SMILES string of the molecule is O=C(OCCOC(=O)[C@H]1CC=CCC1)c1ccccc1. The van der Waals surface area contributed by atoms with Gasteiger partial charge in [-0.3, -0.25) is 4.79 Å². The van der Waals surface area contributed by atoms with E-state index in [1.807, 2.05) is 12.1 Å². The number of hydrogen-bond acceptors (Lipinski definition) is 4. The van der Waals surface area contributed by atoms with Crippen LogP contribution in [0.2, 0.25) is 0 Å². The molecule has 4 nitrogen and oxygen atoms in total. The van der Waals surface area contributed by atoms with Gasteiger partial charge in [0.05, 0.1) is 11.5 Å². The van der Waals surface area contributed by atoms with Crippen molar-refractivity contribution in [3.63, 3.8) is 0 Å². The van der Waals surface area contributed by atoms with Crippen LogP contribution >= 0.6 is 0 Å². The predicted molar refractivity (Wildman–Crippen MR) is 74.2 cm³/mol. The molecule has 4 heteroatoms. The molecule has 0 fully saturated rings. The fourth-order valence-corrected chi connectivity index (χ4v) is 2.06. The summed E-state index contributed by atoms with van der Waals surface area (Å²) in [7, 11) is 0. The predicted octanol–water partition coefficient (Wildman–Crippen LogP) is 2.74. The third kappa shape index (κ3) is 4.23. The summed E-state index contributed by atoms with van der Waals surface area (Å²) in [5.74, 6) is -0.655. The Morgan fingerprint density at radius 3 is 2.50 bits per heavy atom. The monoisotopic (exact) mass is 274 g/mol. The van der Waals surface area contributed by atoms with Crippen molar-refractivity contribution in [2.75, 3.05) is 13.2 Å². The number of carbonyl (C=O) groups excluding carboxylic acids is 2. The first-order valence-electron chi connectivity index (χ1n) is 6.81. The summed E-state index contributed by atoms with van der Waals surface area (Å²) in [6.07, 6.45) is 6.57. The molecule has 1 aromatic carbocycles. The van der Waals surface area contributed by atoms with Gasteiger partial charge in [0.25, 0.3) is 0 Å². The van der Waals surface area contributed by atoms with E-state index >= 15 is 0 Å². The van der Waals surface area contributed by atoms with Gasteiger partial charge >= 0.3 is 11.9 Å². The minimum atomic E-state index is -0.401. The van der Waals surface area contributed by atoms with E-state index in [0.29, 0.717) is 5.56 Å². The minimum Gasteiger partial charge on any atom is -0.462 e. The molecule has 106 valence electrons. The first kappa shape index (κ1) is 14.3. The molecule has 20 heavy (non-hydrogen) atoms. The molecule has 0 heterocycles. The van der Waals surface area contributed by atoms with Crippen LogP contribution in [0.25, 0.3) is 0 Å². The van der Waals surface area contributed by atoms with Gasteiger partial charge in [-0.05, 0) is 31.4 Å². The first-order valence-corrected chi connectivity index (χ1v) is 6.81. The van der Waals surface area contributed by atoms with Crippen molar-refractivity contribution in [1.29, 1.82) is 0 Å². The molecule has 0 saturated heterocycles. The quantitative estimate of drug-likeness (QED) is 0.470. The van der Waals surface area contributed by atoms with E-state index in [2.05, 4.69) is 6.08 Å². The van der Waals surface area contributed by atoms with Gasteiger partial charge < -0.3 is 9.47 Å². The third-order valence-electron chi connectivity index (χ3n) is 3.17. The van der Waals surface area contributed by atoms with E-state index in [0.717, 1.165) is 19.3 Å². The molecule has 0 radical (unpaired) electrons. The number of carbonyl (C=O) groups is 2. The molecule has 0 amide bonds. The number of hydrogen-bond donors (Lipinski definition) is 0. The second-order valence-electron chi connectivity index (χ2n) is 4.65. The molecule has 0 bridgehead atoms. The Labute approximate surface area is 118 Å². The highest BCUT2D eigenvalue weighted by molar-refractivity contribution is 5.89. The van der Waals surface area contributed by atoms with Gasteiger partial charge in [0.15, 0.2) is 0 Å². The lowest BCUT2D eigenvalue weighted by Gasteiger charge is -2.16. The average molecular weight is 274 g/mol. The maximum absolute atomic E-state index is 11.7. The molecule has 0 spiro atoms. The van der Waals surface area contributed by atoms with Crippen LogP contribution in [0.1, 0.15) is 29.6 Å². The lowest BCUT2D eigenvalue weighted by Crippen LogP contribution is -2.21. The number of allylic oxidation sites excluding steroid dienone is 2. The van der Waals surface area contributed by atoms with E-state index < -0.39 is 5.97 Å². The van der Waals surface area contributed by atoms with Crippen LogP contribution < -0.4 is 0 Å². The number of ether oxygens (including phenoxy) is 2. The highest BCUT2D eigenvalue weighted by Crippen LogP contribution is 2.19. The number of esters is 2. The largest absolute Gasteiger partial charge is 0.462 e. The average Bonchev–Trinajstić information content (AvgIpc) is 2.53. The van der Waals surface area contributed by atoms with Crippen LogP contribution in [0.5, 0.6) is 0 Å². The smallest absolute Gasteiger partial charge is 0.338 e. The molecule has 1 aromatic rings. The molecule has 2 rings (SSSR count). The lowest BCUT2D eigenvalue weighted by atomic mass is 9.95. The van der Waals surface area contributed by atoms with Gasteiger partial charge in [0.1, 0.15) is 13.2 Å². The number of benzene rings is 1. The summed E-state index contributed by atoms with van der Waals surface area (Å²) in [5.41, 5.74) is 0.497. The molecule has 0 aliphatic heterocycles. The van der Waals surface area contributed by atoms with E-state index in [4.69, 9.17) is 9.47 Å². The van der Waals surface area contributed by atoms with Gasteiger partial charge in [-0.15, -0.1) is 0 Å². The van der Waals surface area contributed by atoms with E-state index in [9.17, 15) is 9.59 Å². The van der Waals surface area contributed by atoms with Crippen LogP contribution in [0.3, 0.4) is 0 Å². The molecule has 0 saturated carbocycles. The van der Waals surface area contributed by atoms with Crippen molar-refractivity contribution < 1.29 is 19.1 Å². The molecule has 1 aliphatic rings. The molecule has 1 aliphatic carbocycles. The van der Waals surface area contributed by atoms with Gasteiger partial charge in [-0.2, -0.15) is 0 Å². The van der Waals surface area contributed by atoms with Crippen LogP contribution in [0, 0.1) is 5.92 Å². The summed E-state index contributed by atoms with van der Waals surface area (Å²) < 4.78 is 10.2. The third-order valence-corrected chi connectivity index (χ3v) is 3.17. The topological polar surface area (TPSA) is 52.6 Å². The molecule has 0 aromatic heterocycles.